The Bertz CT molecular complexity index is 2370. The van der Waals surface area contributed by atoms with Gasteiger partial charge in [0.05, 0.1) is 72.0 Å². The molecule has 5 aliphatic rings. The fourth-order valence-corrected chi connectivity index (χ4v) is 10.6. The van der Waals surface area contributed by atoms with Crippen LogP contribution in [-0.2, 0) is 54.4 Å². The van der Waals surface area contributed by atoms with Crippen molar-refractivity contribution in [3.05, 3.63) is 51.6 Å². The summed E-state index contributed by atoms with van der Waals surface area (Å²) in [5.41, 5.74) is 8.66. The number of hydrogen-bond donors (Lipinski definition) is 2. The van der Waals surface area contributed by atoms with E-state index in [1.54, 1.807) is 11.7 Å². The average Bonchev–Trinajstić information content (AvgIpc) is 3.49. The van der Waals surface area contributed by atoms with Crippen LogP contribution in [0.3, 0.4) is 0 Å². The van der Waals surface area contributed by atoms with E-state index in [-0.39, 0.29) is 42.6 Å². The van der Waals surface area contributed by atoms with Crippen LogP contribution in [-0.4, -0.2) is 102 Å². The molecule has 2 saturated heterocycles. The van der Waals surface area contributed by atoms with Crippen molar-refractivity contribution in [2.75, 3.05) is 51.5 Å². The largest absolute Gasteiger partial charge is 0.464 e. The molecule has 13 nitrogen and oxygen atoms in total. The van der Waals surface area contributed by atoms with E-state index in [0.717, 1.165) is 22.2 Å². The van der Waals surface area contributed by atoms with Crippen molar-refractivity contribution in [3.8, 4) is 22.5 Å². The minimum atomic E-state index is -3.07. The number of alkyl halides is 2. The van der Waals surface area contributed by atoms with Crippen LogP contribution < -0.4 is 15.6 Å². The standard InChI is InChI=1S/C45H55F2N7O6S/c1-24-25(2)37(24)41(55)50-34-17-36-49-35(21-61-36)27-14-28-18-45(46,47)22-53-39(28)30(15-27)32(19-44(4,5)23-60-43(57)33-8-7-9-54(51-33)42(34)56)40(53)31-16-29(52-10-12-59-13-11-52)20-48-38(31)26(3)58-6/h14-16,20-21,24-26,33-34,37,51H,7-13,17-19,22-23H2,1-6H3,(H,50,55)/t24-,25+,26-,33-,34-,37?/m0/s1. The number of cyclic esters (lactones) is 1. The zero-order valence-electron chi connectivity index (χ0n) is 35.7. The van der Waals surface area contributed by atoms with Gasteiger partial charge in [-0.2, -0.15) is 0 Å². The molecule has 326 valence electrons. The summed E-state index contributed by atoms with van der Waals surface area (Å²) in [5, 5.41) is 7.79. The maximum atomic E-state index is 16.3. The molecule has 1 aromatic carbocycles. The lowest BCUT2D eigenvalue weighted by Crippen LogP contribution is -2.60. The summed E-state index contributed by atoms with van der Waals surface area (Å²) in [5.74, 6) is -3.86. The maximum absolute atomic E-state index is 16.3. The normalized spacial score (nSPS) is 26.7. The number of halogens is 2. The topological polar surface area (TPSA) is 140 Å². The summed E-state index contributed by atoms with van der Waals surface area (Å²) in [6.07, 6.45) is 2.46. The van der Waals surface area contributed by atoms with Gasteiger partial charge in [-0.05, 0) is 67.3 Å². The summed E-state index contributed by atoms with van der Waals surface area (Å²) in [7, 11) is 1.61. The molecule has 3 aromatic heterocycles. The number of nitrogens with zero attached hydrogens (tertiary/aromatic N) is 5. The Labute approximate surface area is 358 Å². The maximum Gasteiger partial charge on any atom is 0.324 e. The highest BCUT2D eigenvalue weighted by Crippen LogP contribution is 2.48. The van der Waals surface area contributed by atoms with Gasteiger partial charge in [0.15, 0.2) is 0 Å². The summed E-state index contributed by atoms with van der Waals surface area (Å²) in [6.45, 7) is 12.3. The lowest BCUT2D eigenvalue weighted by atomic mass is 9.84. The molecule has 9 rings (SSSR count). The Balaban J connectivity index is 1.22. The Kier molecular flexibility index (Phi) is 11.0. The van der Waals surface area contributed by atoms with Crippen molar-refractivity contribution < 1.29 is 37.4 Å². The Hall–Kier alpha value is -4.51. The van der Waals surface area contributed by atoms with Gasteiger partial charge in [0.1, 0.15) is 12.1 Å². The molecule has 1 aliphatic carbocycles. The monoisotopic (exact) mass is 859 g/mol. The first-order valence-electron chi connectivity index (χ1n) is 21.5. The second-order valence-corrected chi connectivity index (χ2v) is 19.4. The van der Waals surface area contributed by atoms with Crippen molar-refractivity contribution in [2.45, 2.75) is 97.4 Å². The van der Waals surface area contributed by atoms with Gasteiger partial charge in [0, 0.05) is 72.8 Å². The van der Waals surface area contributed by atoms with E-state index in [9.17, 15) is 14.4 Å². The lowest BCUT2D eigenvalue weighted by Gasteiger charge is -2.35. The third kappa shape index (κ3) is 8.04. The van der Waals surface area contributed by atoms with Crippen molar-refractivity contribution in [3.63, 3.8) is 0 Å². The molecule has 7 heterocycles. The molecule has 4 aliphatic heterocycles. The molecule has 3 fully saturated rings. The number of esters is 1. The number of hydrazine groups is 1. The van der Waals surface area contributed by atoms with E-state index >= 15 is 8.78 Å². The van der Waals surface area contributed by atoms with Crippen molar-refractivity contribution in [1.82, 2.24) is 30.3 Å². The van der Waals surface area contributed by atoms with E-state index in [4.69, 9.17) is 24.2 Å². The number of rotatable bonds is 6. The van der Waals surface area contributed by atoms with Gasteiger partial charge in [-0.3, -0.25) is 24.4 Å². The Morgan fingerprint density at radius 2 is 1.87 bits per heavy atom. The fourth-order valence-electron chi connectivity index (χ4n) is 9.74. The minimum absolute atomic E-state index is 0.0338. The molecule has 2 N–H and O–H groups in total. The van der Waals surface area contributed by atoms with Gasteiger partial charge in [0.25, 0.3) is 11.8 Å². The molecule has 61 heavy (non-hydrogen) atoms. The quantitative estimate of drug-likeness (QED) is 0.218. The van der Waals surface area contributed by atoms with Crippen LogP contribution >= 0.6 is 11.3 Å². The highest BCUT2D eigenvalue weighted by atomic mass is 32.1. The molecule has 1 saturated carbocycles. The number of pyridine rings is 1. The molecule has 1 unspecified atom stereocenters. The number of thiazole rings is 1. The van der Waals surface area contributed by atoms with Gasteiger partial charge < -0.3 is 29.0 Å². The summed E-state index contributed by atoms with van der Waals surface area (Å²) >= 11 is 1.36. The van der Waals surface area contributed by atoms with Crippen LogP contribution in [0.1, 0.15) is 75.4 Å². The second kappa shape index (κ2) is 16.0. The number of morpholine rings is 1. The van der Waals surface area contributed by atoms with E-state index in [2.05, 4.69) is 21.7 Å². The number of benzene rings is 1. The number of nitrogens with one attached hydrogen (secondary N) is 2. The van der Waals surface area contributed by atoms with Crippen LogP contribution in [0.5, 0.6) is 0 Å². The van der Waals surface area contributed by atoms with E-state index in [1.165, 1.54) is 16.3 Å². The number of anilines is 1. The molecule has 0 radical (unpaired) electrons. The SMILES string of the molecule is CO[C@@H](C)c1ncc(N2CCOCC2)cc1-c1c2c3cc(cc4c3n1CC(F)(F)C4)-c1csc(n1)C[C@H](NC(=O)C1[C@@H](C)[C@H]1C)C(=O)N1CCC[C@H](N1)C(=O)OCC(C)(C)C2. The second-order valence-electron chi connectivity index (χ2n) is 18.5. The van der Waals surface area contributed by atoms with E-state index in [1.807, 2.05) is 58.3 Å². The molecule has 4 aromatic rings. The van der Waals surface area contributed by atoms with Crippen LogP contribution in [0.2, 0.25) is 0 Å². The molecular weight excluding hydrogens is 805 g/mol. The van der Waals surface area contributed by atoms with Crippen LogP contribution in [0.15, 0.2) is 29.8 Å². The van der Waals surface area contributed by atoms with Crippen molar-refractivity contribution in [2.24, 2.45) is 23.2 Å². The van der Waals surface area contributed by atoms with Crippen molar-refractivity contribution >= 4 is 45.7 Å². The summed E-state index contributed by atoms with van der Waals surface area (Å²) in [6, 6.07) is 4.20. The van der Waals surface area contributed by atoms with Crippen molar-refractivity contribution in [1.29, 1.82) is 0 Å². The summed E-state index contributed by atoms with van der Waals surface area (Å²) < 4.78 is 51.9. The van der Waals surface area contributed by atoms with Gasteiger partial charge in [0.2, 0.25) is 5.91 Å². The number of carbonyl (C=O) groups is 3. The predicted molar refractivity (Wildman–Crippen MR) is 227 cm³/mol. The smallest absolute Gasteiger partial charge is 0.324 e. The number of aromatic nitrogens is 3. The number of amides is 2. The van der Waals surface area contributed by atoms with E-state index < -0.39 is 48.5 Å². The van der Waals surface area contributed by atoms with Gasteiger partial charge in [-0.15, -0.1) is 11.3 Å². The average molecular weight is 860 g/mol. The molecule has 2 amide bonds. The zero-order valence-corrected chi connectivity index (χ0v) is 36.5. The number of carbonyl (C=O) groups excluding carboxylic acids is 3. The minimum Gasteiger partial charge on any atom is -0.464 e. The number of ether oxygens (including phenoxy) is 3. The fraction of sp³-hybridized carbons (Fsp3) is 0.578. The predicted octanol–water partition coefficient (Wildman–Crippen LogP) is 6.11. The van der Waals surface area contributed by atoms with E-state index in [0.29, 0.717) is 90.9 Å². The van der Waals surface area contributed by atoms with Gasteiger partial charge >= 0.3 is 5.97 Å². The summed E-state index contributed by atoms with van der Waals surface area (Å²) in [4.78, 5) is 53.7. The van der Waals surface area contributed by atoms with Crippen LogP contribution in [0.25, 0.3) is 33.4 Å². The number of methoxy groups -OCH3 is 1. The molecule has 0 spiro atoms. The highest BCUT2D eigenvalue weighted by molar-refractivity contribution is 7.10. The molecule has 16 heteroatoms. The Morgan fingerprint density at radius 1 is 1.10 bits per heavy atom. The Morgan fingerprint density at radius 3 is 2.61 bits per heavy atom. The van der Waals surface area contributed by atoms with Crippen LogP contribution in [0, 0.1) is 23.2 Å². The molecule has 6 atom stereocenters. The van der Waals surface area contributed by atoms with Crippen LogP contribution in [0.4, 0.5) is 14.5 Å². The van der Waals surface area contributed by atoms with Gasteiger partial charge in [-0.25, -0.2) is 19.2 Å². The highest BCUT2D eigenvalue weighted by Gasteiger charge is 2.49. The first kappa shape index (κ1) is 41.8. The molecular formula is C45H55F2N7O6S. The van der Waals surface area contributed by atoms with Gasteiger partial charge in [-0.1, -0.05) is 27.7 Å². The third-order valence-corrected chi connectivity index (χ3v) is 14.3. The molecule has 6 bridgehead atoms. The number of fused-ring (bicyclic) bond motifs is 6. The zero-order chi connectivity index (χ0) is 43.0. The third-order valence-electron chi connectivity index (χ3n) is 13.4. The first-order valence-corrected chi connectivity index (χ1v) is 22.4. The lowest BCUT2D eigenvalue weighted by molar-refractivity contribution is -0.155. The number of hydrogen-bond acceptors (Lipinski definition) is 11. The first-order chi connectivity index (χ1) is 29.1.